The van der Waals surface area contributed by atoms with Gasteiger partial charge in [0.1, 0.15) is 0 Å². The van der Waals surface area contributed by atoms with Gasteiger partial charge in [-0.3, -0.25) is 0 Å². The molecule has 0 aliphatic heterocycles. The van der Waals surface area contributed by atoms with Gasteiger partial charge in [0.05, 0.1) is 5.60 Å². The van der Waals surface area contributed by atoms with E-state index in [1.54, 1.807) is 0 Å². The smallest absolute Gasteiger partial charge is 0.0701 e. The van der Waals surface area contributed by atoms with Crippen molar-refractivity contribution in [3.05, 3.63) is 11.6 Å². The third kappa shape index (κ3) is 1.85. The van der Waals surface area contributed by atoms with Crippen LogP contribution in [0.4, 0.5) is 0 Å². The summed E-state index contributed by atoms with van der Waals surface area (Å²) < 4.78 is 0. The molecule has 1 N–H and O–H groups in total. The summed E-state index contributed by atoms with van der Waals surface area (Å²) in [7, 11) is 0. The van der Waals surface area contributed by atoms with E-state index >= 15 is 0 Å². The summed E-state index contributed by atoms with van der Waals surface area (Å²) in [5, 5.41) is 11.2. The van der Waals surface area contributed by atoms with Crippen LogP contribution in [0, 0.1) is 29.1 Å². The van der Waals surface area contributed by atoms with Crippen LogP contribution < -0.4 is 0 Å². The highest BCUT2D eigenvalue weighted by Crippen LogP contribution is 2.65. The number of fused-ring (bicyclic) bond motifs is 5. The lowest BCUT2D eigenvalue weighted by Crippen LogP contribution is -2.52. The van der Waals surface area contributed by atoms with E-state index in [1.807, 2.05) is 5.57 Å². The van der Waals surface area contributed by atoms with Crippen LogP contribution in [0.3, 0.4) is 0 Å². The highest BCUT2D eigenvalue weighted by atomic mass is 16.3. The van der Waals surface area contributed by atoms with Crippen molar-refractivity contribution in [2.24, 2.45) is 29.1 Å². The molecule has 118 valence electrons. The number of allylic oxidation sites excluding steroid dienone is 2. The molecule has 4 aliphatic carbocycles. The predicted molar refractivity (Wildman–Crippen MR) is 86.9 cm³/mol. The number of hydrogen-bond acceptors (Lipinski definition) is 1. The average molecular weight is 288 g/mol. The number of hydrogen-bond donors (Lipinski definition) is 1. The molecule has 0 amide bonds. The van der Waals surface area contributed by atoms with Gasteiger partial charge in [0, 0.05) is 0 Å². The SMILES string of the molecule is CCC1(O)CC[C@H]2[C@@H]3CC=C4CCCC[C@@H]4[C@H]3CC[C@@]21C. The molecule has 0 aromatic heterocycles. The second-order valence-electron chi connectivity index (χ2n) is 8.68. The first-order valence-corrected chi connectivity index (χ1v) is 9.50. The van der Waals surface area contributed by atoms with Crippen molar-refractivity contribution in [1.29, 1.82) is 0 Å². The third-order valence-electron chi connectivity index (χ3n) is 8.27. The fourth-order valence-corrected chi connectivity index (χ4v) is 6.94. The minimum Gasteiger partial charge on any atom is -0.389 e. The lowest BCUT2D eigenvalue weighted by atomic mass is 9.51. The summed E-state index contributed by atoms with van der Waals surface area (Å²) in [5.41, 5.74) is 1.64. The van der Waals surface area contributed by atoms with Gasteiger partial charge in [-0.2, -0.15) is 0 Å². The molecule has 0 aromatic carbocycles. The van der Waals surface area contributed by atoms with Crippen molar-refractivity contribution in [3.8, 4) is 0 Å². The zero-order valence-corrected chi connectivity index (χ0v) is 13.9. The monoisotopic (exact) mass is 288 g/mol. The average Bonchev–Trinajstić information content (AvgIpc) is 2.79. The first-order valence-electron chi connectivity index (χ1n) is 9.50. The van der Waals surface area contributed by atoms with E-state index in [0.717, 1.165) is 36.5 Å². The quantitative estimate of drug-likeness (QED) is 0.666. The van der Waals surface area contributed by atoms with E-state index in [2.05, 4.69) is 19.9 Å². The summed E-state index contributed by atoms with van der Waals surface area (Å²) in [6.45, 7) is 4.62. The second-order valence-corrected chi connectivity index (χ2v) is 8.68. The number of aliphatic hydroxyl groups is 1. The highest BCUT2D eigenvalue weighted by molar-refractivity contribution is 5.20. The van der Waals surface area contributed by atoms with E-state index in [1.165, 1.54) is 51.4 Å². The van der Waals surface area contributed by atoms with Crippen molar-refractivity contribution < 1.29 is 5.11 Å². The maximum Gasteiger partial charge on any atom is 0.0701 e. The fourth-order valence-electron chi connectivity index (χ4n) is 6.94. The second kappa shape index (κ2) is 4.85. The standard InChI is InChI=1S/C20H32O/c1-3-20(21)13-11-18-17-9-8-14-6-4-5-7-15(14)16(17)10-12-19(18,20)2/h8,15-18,21H,3-7,9-13H2,1-2H3/t15-,16+,17+,18-,19-,20?/m0/s1. The minimum atomic E-state index is -0.376. The van der Waals surface area contributed by atoms with E-state index in [0.29, 0.717) is 0 Å². The van der Waals surface area contributed by atoms with E-state index in [4.69, 9.17) is 0 Å². The molecule has 0 heterocycles. The van der Waals surface area contributed by atoms with Gasteiger partial charge in [0.2, 0.25) is 0 Å². The van der Waals surface area contributed by atoms with E-state index in [9.17, 15) is 5.11 Å². The molecule has 0 saturated heterocycles. The van der Waals surface area contributed by atoms with Crippen LogP contribution in [0.2, 0.25) is 0 Å². The topological polar surface area (TPSA) is 20.2 Å². The van der Waals surface area contributed by atoms with Gasteiger partial charge in [-0.05, 0) is 86.9 Å². The molecule has 0 bridgehead atoms. The molecule has 4 rings (SSSR count). The van der Waals surface area contributed by atoms with Gasteiger partial charge in [0.25, 0.3) is 0 Å². The molecule has 1 nitrogen and oxygen atoms in total. The lowest BCUT2D eigenvalue weighted by Gasteiger charge is -2.55. The predicted octanol–water partition coefficient (Wildman–Crippen LogP) is 5.09. The Bertz CT molecular complexity index is 453. The van der Waals surface area contributed by atoms with Gasteiger partial charge in [-0.25, -0.2) is 0 Å². The summed E-state index contributed by atoms with van der Waals surface area (Å²) in [5.74, 6) is 3.51. The van der Waals surface area contributed by atoms with Gasteiger partial charge in [-0.1, -0.05) is 31.9 Å². The Labute approximate surface area is 130 Å². The highest BCUT2D eigenvalue weighted by Gasteiger charge is 2.61. The van der Waals surface area contributed by atoms with Crippen LogP contribution in [-0.4, -0.2) is 10.7 Å². The molecule has 0 spiro atoms. The summed E-state index contributed by atoms with van der Waals surface area (Å²) >= 11 is 0. The van der Waals surface area contributed by atoms with Crippen molar-refractivity contribution in [2.75, 3.05) is 0 Å². The Hall–Kier alpha value is -0.300. The Morgan fingerprint density at radius 1 is 1.14 bits per heavy atom. The zero-order chi connectivity index (χ0) is 14.7. The molecule has 21 heavy (non-hydrogen) atoms. The van der Waals surface area contributed by atoms with Crippen LogP contribution in [0.15, 0.2) is 11.6 Å². The molecule has 1 unspecified atom stereocenters. The normalized spacial score (nSPS) is 52.6. The van der Waals surface area contributed by atoms with Crippen LogP contribution >= 0.6 is 0 Å². The third-order valence-corrected chi connectivity index (χ3v) is 8.27. The van der Waals surface area contributed by atoms with E-state index < -0.39 is 0 Å². The van der Waals surface area contributed by atoms with Crippen molar-refractivity contribution in [3.63, 3.8) is 0 Å². The summed E-state index contributed by atoms with van der Waals surface area (Å²) in [4.78, 5) is 0. The fraction of sp³-hybridized carbons (Fsp3) is 0.900. The van der Waals surface area contributed by atoms with Crippen molar-refractivity contribution >= 4 is 0 Å². The first-order chi connectivity index (χ1) is 10.1. The Balaban J connectivity index is 1.65. The van der Waals surface area contributed by atoms with Crippen LogP contribution in [0.5, 0.6) is 0 Å². The molecule has 6 atom stereocenters. The summed E-state index contributed by atoms with van der Waals surface area (Å²) in [6.07, 6.45) is 15.6. The van der Waals surface area contributed by atoms with Crippen molar-refractivity contribution in [2.45, 2.75) is 83.7 Å². The molecule has 4 aliphatic rings. The first kappa shape index (κ1) is 14.3. The Morgan fingerprint density at radius 2 is 2.00 bits per heavy atom. The van der Waals surface area contributed by atoms with Crippen LogP contribution in [0.1, 0.15) is 78.1 Å². The Morgan fingerprint density at radius 3 is 2.81 bits per heavy atom. The molecule has 0 aromatic rings. The van der Waals surface area contributed by atoms with Gasteiger partial charge < -0.3 is 5.11 Å². The lowest BCUT2D eigenvalue weighted by molar-refractivity contribution is -0.116. The van der Waals surface area contributed by atoms with Gasteiger partial charge in [0.15, 0.2) is 0 Å². The van der Waals surface area contributed by atoms with E-state index in [-0.39, 0.29) is 11.0 Å². The minimum absolute atomic E-state index is 0.197. The molecular weight excluding hydrogens is 256 g/mol. The summed E-state index contributed by atoms with van der Waals surface area (Å²) in [6, 6.07) is 0. The van der Waals surface area contributed by atoms with Gasteiger partial charge in [-0.15, -0.1) is 0 Å². The molecule has 3 fully saturated rings. The molecular formula is C20H32O. The largest absolute Gasteiger partial charge is 0.389 e. The molecule has 0 radical (unpaired) electrons. The number of rotatable bonds is 1. The van der Waals surface area contributed by atoms with Crippen molar-refractivity contribution in [1.82, 2.24) is 0 Å². The van der Waals surface area contributed by atoms with Crippen LogP contribution in [-0.2, 0) is 0 Å². The van der Waals surface area contributed by atoms with Gasteiger partial charge >= 0.3 is 0 Å². The molecule has 3 saturated carbocycles. The maximum absolute atomic E-state index is 11.2. The Kier molecular flexibility index (Phi) is 3.30. The zero-order valence-electron chi connectivity index (χ0n) is 13.9. The maximum atomic E-state index is 11.2. The molecule has 1 heteroatoms. The van der Waals surface area contributed by atoms with Crippen LogP contribution in [0.25, 0.3) is 0 Å².